The summed E-state index contributed by atoms with van der Waals surface area (Å²) in [4.78, 5) is 24.0. The highest BCUT2D eigenvalue weighted by Gasteiger charge is 2.27. The molecule has 1 aromatic heterocycles. The van der Waals surface area contributed by atoms with Crippen LogP contribution in [0.25, 0.3) is 6.08 Å². The van der Waals surface area contributed by atoms with E-state index in [0.29, 0.717) is 6.54 Å². The minimum atomic E-state index is -0.679. The van der Waals surface area contributed by atoms with E-state index in [1.54, 1.807) is 0 Å². The topological polar surface area (TPSA) is 100 Å². The smallest absolute Gasteiger partial charge is 0.401 e. The number of nitro groups is 1. The zero-order valence-electron chi connectivity index (χ0n) is 11.9. The summed E-state index contributed by atoms with van der Waals surface area (Å²) in [6.45, 7) is 0.496. The van der Waals surface area contributed by atoms with Crippen molar-refractivity contribution >= 4 is 23.6 Å². The van der Waals surface area contributed by atoms with Gasteiger partial charge in [-0.15, -0.1) is 0 Å². The molecular formula is C16H11N3O4. The van der Waals surface area contributed by atoms with Gasteiger partial charge in [-0.2, -0.15) is 5.26 Å². The Morgan fingerprint density at radius 1 is 1.35 bits per heavy atom. The Balaban J connectivity index is 1.89. The van der Waals surface area contributed by atoms with Gasteiger partial charge in [0.2, 0.25) is 0 Å². The molecule has 0 bridgehead atoms. The molecule has 0 aliphatic carbocycles. The third-order valence-corrected chi connectivity index (χ3v) is 3.56. The van der Waals surface area contributed by atoms with Crippen LogP contribution in [0.2, 0.25) is 0 Å². The minimum absolute atomic E-state index is 0.0917. The molecule has 0 spiro atoms. The lowest BCUT2D eigenvalue weighted by Gasteiger charge is -2.16. The van der Waals surface area contributed by atoms with Crippen LogP contribution in [-0.4, -0.2) is 17.4 Å². The Labute approximate surface area is 131 Å². The van der Waals surface area contributed by atoms with Crippen molar-refractivity contribution in [1.82, 2.24) is 0 Å². The Hall–Kier alpha value is -3.40. The molecule has 23 heavy (non-hydrogen) atoms. The fourth-order valence-corrected chi connectivity index (χ4v) is 2.50. The van der Waals surface area contributed by atoms with Gasteiger partial charge in [-0.1, -0.05) is 18.2 Å². The van der Waals surface area contributed by atoms with Crippen LogP contribution in [-0.2, 0) is 11.2 Å². The van der Waals surface area contributed by atoms with Gasteiger partial charge in [-0.25, -0.2) is 0 Å². The number of nitrogens with zero attached hydrogens (tertiary/aromatic N) is 3. The van der Waals surface area contributed by atoms with Crippen LogP contribution in [0.1, 0.15) is 11.3 Å². The molecule has 3 rings (SSSR count). The number of para-hydroxylation sites is 1. The number of anilines is 1. The lowest BCUT2D eigenvalue weighted by Crippen LogP contribution is -2.29. The Morgan fingerprint density at radius 2 is 2.13 bits per heavy atom. The molecular weight excluding hydrogens is 298 g/mol. The third-order valence-electron chi connectivity index (χ3n) is 3.56. The average molecular weight is 309 g/mol. The monoisotopic (exact) mass is 309 g/mol. The largest absolute Gasteiger partial charge is 0.433 e. The highest BCUT2D eigenvalue weighted by molar-refractivity contribution is 6.11. The molecule has 1 amide bonds. The zero-order chi connectivity index (χ0) is 16.4. The molecule has 7 heteroatoms. The SMILES string of the molecule is N#CC(=Cc1ccc([N+](=O)[O-])o1)C(=O)N1CCc2ccccc21. The van der Waals surface area contributed by atoms with E-state index in [-0.39, 0.29) is 11.3 Å². The number of hydrogen-bond donors (Lipinski definition) is 0. The Morgan fingerprint density at radius 3 is 2.83 bits per heavy atom. The number of amides is 1. The van der Waals surface area contributed by atoms with E-state index in [1.807, 2.05) is 30.3 Å². The summed E-state index contributed by atoms with van der Waals surface area (Å²) in [5.74, 6) is -0.793. The molecule has 0 saturated heterocycles. The molecule has 1 aliphatic heterocycles. The lowest BCUT2D eigenvalue weighted by atomic mass is 10.1. The second-order valence-electron chi connectivity index (χ2n) is 4.94. The number of nitriles is 1. The van der Waals surface area contributed by atoms with Crippen LogP contribution in [0.3, 0.4) is 0 Å². The van der Waals surface area contributed by atoms with Gasteiger partial charge in [0, 0.05) is 18.3 Å². The molecule has 0 saturated carbocycles. The molecule has 114 valence electrons. The number of furan rings is 1. The summed E-state index contributed by atoms with van der Waals surface area (Å²) in [6.07, 6.45) is 1.95. The summed E-state index contributed by atoms with van der Waals surface area (Å²) >= 11 is 0. The van der Waals surface area contributed by atoms with Crippen molar-refractivity contribution in [2.24, 2.45) is 0 Å². The van der Waals surface area contributed by atoms with Crippen LogP contribution in [0, 0.1) is 21.4 Å². The van der Waals surface area contributed by atoms with Crippen molar-refractivity contribution in [3.8, 4) is 6.07 Å². The van der Waals surface area contributed by atoms with Crippen molar-refractivity contribution < 1.29 is 14.1 Å². The first-order chi connectivity index (χ1) is 11.1. The molecule has 7 nitrogen and oxygen atoms in total. The van der Waals surface area contributed by atoms with Gasteiger partial charge in [-0.3, -0.25) is 14.9 Å². The molecule has 0 radical (unpaired) electrons. The molecule has 1 aliphatic rings. The number of hydrogen-bond acceptors (Lipinski definition) is 5. The summed E-state index contributed by atoms with van der Waals surface area (Å²) in [5.41, 5.74) is 1.70. The van der Waals surface area contributed by atoms with Gasteiger partial charge in [0.15, 0.2) is 0 Å². The predicted octanol–water partition coefficient (Wildman–Crippen LogP) is 2.68. The summed E-state index contributed by atoms with van der Waals surface area (Å²) in [7, 11) is 0. The van der Waals surface area contributed by atoms with E-state index < -0.39 is 16.7 Å². The van der Waals surface area contributed by atoms with Crippen LogP contribution in [0.4, 0.5) is 11.6 Å². The quantitative estimate of drug-likeness (QED) is 0.375. The van der Waals surface area contributed by atoms with Gasteiger partial charge in [0.05, 0.1) is 6.07 Å². The first-order valence-electron chi connectivity index (χ1n) is 6.86. The minimum Gasteiger partial charge on any atom is -0.401 e. The number of rotatable bonds is 3. The van der Waals surface area contributed by atoms with E-state index in [2.05, 4.69) is 0 Å². The third kappa shape index (κ3) is 2.70. The Bertz CT molecular complexity index is 860. The molecule has 0 fully saturated rings. The molecule has 2 heterocycles. The number of benzene rings is 1. The van der Waals surface area contributed by atoms with Crippen LogP contribution >= 0.6 is 0 Å². The average Bonchev–Trinajstić information content (AvgIpc) is 3.19. The van der Waals surface area contributed by atoms with Crippen LogP contribution in [0.5, 0.6) is 0 Å². The first kappa shape index (κ1) is 14.5. The molecule has 0 atom stereocenters. The van der Waals surface area contributed by atoms with Gasteiger partial charge >= 0.3 is 5.88 Å². The van der Waals surface area contributed by atoms with E-state index in [4.69, 9.17) is 4.42 Å². The van der Waals surface area contributed by atoms with Crippen LogP contribution < -0.4 is 4.90 Å². The Kier molecular flexibility index (Phi) is 3.65. The molecule has 0 N–H and O–H groups in total. The van der Waals surface area contributed by atoms with E-state index in [9.17, 15) is 20.2 Å². The van der Waals surface area contributed by atoms with Crippen molar-refractivity contribution in [3.63, 3.8) is 0 Å². The van der Waals surface area contributed by atoms with E-state index >= 15 is 0 Å². The number of carbonyl (C=O) groups is 1. The fraction of sp³-hybridized carbons (Fsp3) is 0.125. The van der Waals surface area contributed by atoms with E-state index in [0.717, 1.165) is 17.7 Å². The van der Waals surface area contributed by atoms with Gasteiger partial charge in [-0.05, 0) is 24.1 Å². The lowest BCUT2D eigenvalue weighted by molar-refractivity contribution is -0.402. The van der Waals surface area contributed by atoms with Crippen molar-refractivity contribution in [2.75, 3.05) is 11.4 Å². The van der Waals surface area contributed by atoms with Crippen molar-refractivity contribution in [2.45, 2.75) is 6.42 Å². The van der Waals surface area contributed by atoms with Crippen LogP contribution in [0.15, 0.2) is 46.4 Å². The second-order valence-corrected chi connectivity index (χ2v) is 4.94. The number of fused-ring (bicyclic) bond motifs is 1. The normalized spacial score (nSPS) is 13.5. The molecule has 0 unspecified atom stereocenters. The first-order valence-corrected chi connectivity index (χ1v) is 6.86. The van der Waals surface area contributed by atoms with Gasteiger partial charge in [0.1, 0.15) is 22.3 Å². The molecule has 1 aromatic carbocycles. The van der Waals surface area contributed by atoms with Gasteiger partial charge < -0.3 is 9.32 Å². The zero-order valence-corrected chi connectivity index (χ0v) is 11.9. The number of carbonyl (C=O) groups excluding carboxylic acids is 1. The summed E-state index contributed by atoms with van der Waals surface area (Å²) < 4.78 is 4.96. The maximum absolute atomic E-state index is 12.5. The maximum atomic E-state index is 12.5. The van der Waals surface area contributed by atoms with E-state index in [1.165, 1.54) is 23.1 Å². The maximum Gasteiger partial charge on any atom is 0.433 e. The van der Waals surface area contributed by atoms with Crippen molar-refractivity contribution in [3.05, 3.63) is 63.4 Å². The highest BCUT2D eigenvalue weighted by atomic mass is 16.6. The summed E-state index contributed by atoms with van der Waals surface area (Å²) in [6, 6.07) is 11.9. The standard InChI is InChI=1S/C16H11N3O4/c17-10-12(9-13-5-6-15(23-13)19(21)22)16(20)18-8-7-11-3-1-2-4-14(11)18/h1-6,9H,7-8H2. The fourth-order valence-electron chi connectivity index (χ4n) is 2.50. The molecule has 2 aromatic rings. The van der Waals surface area contributed by atoms with Gasteiger partial charge in [0.25, 0.3) is 5.91 Å². The highest BCUT2D eigenvalue weighted by Crippen LogP contribution is 2.29. The van der Waals surface area contributed by atoms with Crippen molar-refractivity contribution in [1.29, 1.82) is 5.26 Å². The summed E-state index contributed by atoms with van der Waals surface area (Å²) in [5, 5.41) is 19.8. The predicted molar refractivity (Wildman–Crippen MR) is 81.5 cm³/mol. The second kappa shape index (κ2) is 5.77.